The van der Waals surface area contributed by atoms with Gasteiger partial charge < -0.3 is 14.7 Å². The molecular weight excluding hydrogens is 318 g/mol. The number of nitrogens with zero attached hydrogens (tertiary/aromatic N) is 4. The molecule has 128 valence electrons. The highest BCUT2D eigenvalue weighted by Gasteiger charge is 2.16. The van der Waals surface area contributed by atoms with Gasteiger partial charge in [-0.2, -0.15) is 10.2 Å². The van der Waals surface area contributed by atoms with Gasteiger partial charge in [0.25, 0.3) is 0 Å². The average Bonchev–Trinajstić information content (AvgIpc) is 3.10. The SMILES string of the molecule is CN1CC=C(c2noc(CCC(=O)Nc3cccc(C#N)c3)n2)CC1. The molecule has 1 N–H and O–H groups in total. The van der Waals surface area contributed by atoms with Crippen molar-refractivity contribution in [1.29, 1.82) is 5.26 Å². The molecule has 25 heavy (non-hydrogen) atoms. The van der Waals surface area contributed by atoms with E-state index in [4.69, 9.17) is 9.78 Å². The Morgan fingerprint density at radius 2 is 2.36 bits per heavy atom. The molecular formula is C18H19N5O2. The summed E-state index contributed by atoms with van der Waals surface area (Å²) in [6.07, 6.45) is 3.61. The molecule has 1 aliphatic rings. The Hall–Kier alpha value is -2.98. The fraction of sp³-hybridized carbons (Fsp3) is 0.333. The van der Waals surface area contributed by atoms with Gasteiger partial charge in [0, 0.05) is 31.6 Å². The van der Waals surface area contributed by atoms with Gasteiger partial charge in [-0.1, -0.05) is 17.3 Å². The van der Waals surface area contributed by atoms with Crippen LogP contribution in [0.2, 0.25) is 0 Å². The molecule has 0 spiro atoms. The molecule has 1 amide bonds. The summed E-state index contributed by atoms with van der Waals surface area (Å²) in [5.41, 5.74) is 2.20. The number of hydrogen-bond donors (Lipinski definition) is 1. The van der Waals surface area contributed by atoms with Crippen LogP contribution in [0.3, 0.4) is 0 Å². The third-order valence-corrected chi connectivity index (χ3v) is 4.01. The number of carbonyl (C=O) groups excluding carboxylic acids is 1. The van der Waals surface area contributed by atoms with Crippen LogP contribution < -0.4 is 5.32 Å². The van der Waals surface area contributed by atoms with E-state index >= 15 is 0 Å². The van der Waals surface area contributed by atoms with Crippen LogP contribution in [0.4, 0.5) is 5.69 Å². The Morgan fingerprint density at radius 1 is 1.48 bits per heavy atom. The van der Waals surface area contributed by atoms with Crippen LogP contribution >= 0.6 is 0 Å². The summed E-state index contributed by atoms with van der Waals surface area (Å²) >= 11 is 0. The minimum absolute atomic E-state index is 0.159. The lowest BCUT2D eigenvalue weighted by atomic mass is 10.1. The molecule has 7 heteroatoms. The molecule has 0 unspecified atom stereocenters. The molecule has 1 aromatic heterocycles. The largest absolute Gasteiger partial charge is 0.339 e. The Balaban J connectivity index is 1.53. The van der Waals surface area contributed by atoms with Gasteiger partial charge >= 0.3 is 0 Å². The van der Waals surface area contributed by atoms with Crippen LogP contribution in [0, 0.1) is 11.3 Å². The molecule has 0 saturated carbocycles. The molecule has 2 heterocycles. The average molecular weight is 337 g/mol. The normalized spacial score (nSPS) is 14.6. The van der Waals surface area contributed by atoms with E-state index in [2.05, 4.69) is 33.5 Å². The predicted octanol–water partition coefficient (Wildman–Crippen LogP) is 2.23. The summed E-state index contributed by atoms with van der Waals surface area (Å²) in [5.74, 6) is 0.911. The van der Waals surface area contributed by atoms with Gasteiger partial charge in [0.15, 0.2) is 5.82 Å². The zero-order chi connectivity index (χ0) is 17.6. The minimum Gasteiger partial charge on any atom is -0.339 e. The van der Waals surface area contributed by atoms with Gasteiger partial charge in [0.2, 0.25) is 11.8 Å². The summed E-state index contributed by atoms with van der Waals surface area (Å²) in [6, 6.07) is 8.84. The third kappa shape index (κ3) is 4.52. The minimum atomic E-state index is -0.159. The number of aryl methyl sites for hydroxylation is 1. The molecule has 1 aliphatic heterocycles. The second-order valence-corrected chi connectivity index (χ2v) is 5.99. The first kappa shape index (κ1) is 16.9. The highest BCUT2D eigenvalue weighted by Crippen LogP contribution is 2.19. The van der Waals surface area contributed by atoms with Crippen LogP contribution in [0.1, 0.15) is 30.1 Å². The van der Waals surface area contributed by atoms with E-state index in [0.717, 1.165) is 25.1 Å². The maximum atomic E-state index is 12.0. The van der Waals surface area contributed by atoms with Crippen molar-refractivity contribution in [3.8, 4) is 6.07 Å². The molecule has 0 atom stereocenters. The van der Waals surface area contributed by atoms with Crippen molar-refractivity contribution in [2.45, 2.75) is 19.3 Å². The van der Waals surface area contributed by atoms with Gasteiger partial charge in [0.05, 0.1) is 11.6 Å². The molecule has 0 saturated heterocycles. The number of aromatic nitrogens is 2. The zero-order valence-electron chi connectivity index (χ0n) is 14.0. The maximum absolute atomic E-state index is 12.0. The lowest BCUT2D eigenvalue weighted by Crippen LogP contribution is -2.23. The number of rotatable bonds is 5. The number of benzene rings is 1. The maximum Gasteiger partial charge on any atom is 0.227 e. The zero-order valence-corrected chi connectivity index (χ0v) is 14.0. The van der Waals surface area contributed by atoms with Crippen molar-refractivity contribution in [3.05, 3.63) is 47.6 Å². The fourth-order valence-corrected chi connectivity index (χ4v) is 2.57. The molecule has 7 nitrogen and oxygen atoms in total. The molecule has 0 bridgehead atoms. The highest BCUT2D eigenvalue weighted by atomic mass is 16.5. The predicted molar refractivity (Wildman–Crippen MR) is 92.5 cm³/mol. The number of nitriles is 1. The lowest BCUT2D eigenvalue weighted by Gasteiger charge is -2.19. The van der Waals surface area contributed by atoms with E-state index < -0.39 is 0 Å². The van der Waals surface area contributed by atoms with Crippen LogP contribution in [0.15, 0.2) is 34.9 Å². The molecule has 1 aromatic carbocycles. The lowest BCUT2D eigenvalue weighted by molar-refractivity contribution is -0.116. The van der Waals surface area contributed by atoms with Crippen LogP contribution in [-0.4, -0.2) is 41.1 Å². The van der Waals surface area contributed by atoms with Crippen molar-refractivity contribution >= 4 is 17.2 Å². The summed E-state index contributed by atoms with van der Waals surface area (Å²) in [4.78, 5) is 18.6. The van der Waals surface area contributed by atoms with E-state index in [1.54, 1.807) is 24.3 Å². The molecule has 0 radical (unpaired) electrons. The van der Waals surface area contributed by atoms with Crippen molar-refractivity contribution < 1.29 is 9.32 Å². The summed E-state index contributed by atoms with van der Waals surface area (Å²) in [5, 5.41) is 15.6. The molecule has 3 rings (SSSR count). The smallest absolute Gasteiger partial charge is 0.227 e. The first-order valence-corrected chi connectivity index (χ1v) is 8.14. The number of anilines is 1. The number of likely N-dealkylation sites (N-methyl/N-ethyl adjacent to an activating group) is 1. The summed E-state index contributed by atoms with van der Waals surface area (Å²) in [7, 11) is 2.07. The van der Waals surface area contributed by atoms with Crippen molar-refractivity contribution in [1.82, 2.24) is 15.0 Å². The fourth-order valence-electron chi connectivity index (χ4n) is 2.57. The molecule has 0 aliphatic carbocycles. The van der Waals surface area contributed by atoms with Crippen molar-refractivity contribution in [3.63, 3.8) is 0 Å². The van der Waals surface area contributed by atoms with Crippen LogP contribution in [0.5, 0.6) is 0 Å². The van der Waals surface area contributed by atoms with Gasteiger partial charge in [0.1, 0.15) is 0 Å². The third-order valence-electron chi connectivity index (χ3n) is 4.01. The van der Waals surface area contributed by atoms with E-state index in [1.807, 2.05) is 6.07 Å². The Labute approximate surface area is 145 Å². The second kappa shape index (κ2) is 7.73. The number of amides is 1. The second-order valence-electron chi connectivity index (χ2n) is 5.99. The molecule has 0 fully saturated rings. The Morgan fingerprint density at radius 3 is 3.12 bits per heavy atom. The Kier molecular flexibility index (Phi) is 5.21. The van der Waals surface area contributed by atoms with Crippen LogP contribution in [-0.2, 0) is 11.2 Å². The number of nitrogens with one attached hydrogen (secondary N) is 1. The highest BCUT2D eigenvalue weighted by molar-refractivity contribution is 5.90. The Bertz CT molecular complexity index is 834. The van der Waals surface area contributed by atoms with Gasteiger partial charge in [-0.15, -0.1) is 0 Å². The quantitative estimate of drug-likeness (QED) is 0.899. The van der Waals surface area contributed by atoms with E-state index in [-0.39, 0.29) is 12.3 Å². The van der Waals surface area contributed by atoms with Crippen molar-refractivity contribution in [2.24, 2.45) is 0 Å². The van der Waals surface area contributed by atoms with Gasteiger partial charge in [-0.25, -0.2) is 0 Å². The monoisotopic (exact) mass is 337 g/mol. The van der Waals surface area contributed by atoms with E-state index in [1.165, 1.54) is 0 Å². The van der Waals surface area contributed by atoms with Crippen molar-refractivity contribution in [2.75, 3.05) is 25.5 Å². The number of hydrogen-bond acceptors (Lipinski definition) is 6. The standard InChI is InChI=1S/C18H19N5O2/c1-23-9-7-14(8-10-23)18-21-17(25-22-18)6-5-16(24)20-15-4-2-3-13(11-15)12-19/h2-4,7,11H,5-6,8-10H2,1H3,(H,20,24). The number of carbonyl (C=O) groups is 1. The van der Waals surface area contributed by atoms with Crippen LogP contribution in [0.25, 0.3) is 5.57 Å². The first-order chi connectivity index (χ1) is 12.1. The summed E-state index contributed by atoms with van der Waals surface area (Å²) < 4.78 is 5.24. The van der Waals surface area contributed by atoms with Gasteiger partial charge in [-0.3, -0.25) is 4.79 Å². The van der Waals surface area contributed by atoms with E-state index in [0.29, 0.717) is 29.4 Å². The van der Waals surface area contributed by atoms with Gasteiger partial charge in [-0.05, 0) is 37.2 Å². The first-order valence-electron chi connectivity index (χ1n) is 8.14. The molecule has 2 aromatic rings. The summed E-state index contributed by atoms with van der Waals surface area (Å²) in [6.45, 7) is 1.85. The topological polar surface area (TPSA) is 95.0 Å². The van der Waals surface area contributed by atoms with E-state index in [9.17, 15) is 4.79 Å².